The van der Waals surface area contributed by atoms with Gasteiger partial charge in [-0.25, -0.2) is 4.79 Å². The highest BCUT2D eigenvalue weighted by atomic mass is 16.5. The molecule has 148 valence electrons. The van der Waals surface area contributed by atoms with Gasteiger partial charge < -0.3 is 19.4 Å². The van der Waals surface area contributed by atoms with Crippen LogP contribution >= 0.6 is 0 Å². The molecule has 0 spiro atoms. The van der Waals surface area contributed by atoms with Crippen molar-refractivity contribution in [3.05, 3.63) is 54.0 Å². The van der Waals surface area contributed by atoms with Crippen LogP contribution in [0.3, 0.4) is 0 Å². The van der Waals surface area contributed by atoms with Crippen LogP contribution < -0.4 is 5.32 Å². The maximum absolute atomic E-state index is 12.3. The number of hydrogen-bond acceptors (Lipinski definition) is 5. The van der Waals surface area contributed by atoms with Crippen molar-refractivity contribution in [2.75, 3.05) is 25.0 Å². The molecule has 0 atom stereocenters. The molecule has 1 N–H and O–H groups in total. The van der Waals surface area contributed by atoms with E-state index in [0.717, 1.165) is 38.8 Å². The number of ether oxygens (including phenoxy) is 1. The summed E-state index contributed by atoms with van der Waals surface area (Å²) in [6, 6.07) is 9.46. The SMILES string of the molecule is O=C(OCC(=O)N1CCCCCCC1)c1ccc(NC(=O)c2ccco2)cc1. The van der Waals surface area contributed by atoms with Crippen molar-refractivity contribution in [2.24, 2.45) is 0 Å². The Morgan fingerprint density at radius 2 is 1.64 bits per heavy atom. The highest BCUT2D eigenvalue weighted by Crippen LogP contribution is 2.14. The molecule has 7 nitrogen and oxygen atoms in total. The van der Waals surface area contributed by atoms with Gasteiger partial charge >= 0.3 is 5.97 Å². The number of benzene rings is 1. The average molecular weight is 384 g/mol. The normalized spacial score (nSPS) is 14.6. The molecule has 2 amide bonds. The monoisotopic (exact) mass is 384 g/mol. The first-order valence-electron chi connectivity index (χ1n) is 9.53. The summed E-state index contributed by atoms with van der Waals surface area (Å²) in [5.41, 5.74) is 0.839. The van der Waals surface area contributed by atoms with Crippen LogP contribution in [0.4, 0.5) is 5.69 Å². The van der Waals surface area contributed by atoms with Gasteiger partial charge in [-0.2, -0.15) is 0 Å². The van der Waals surface area contributed by atoms with Gasteiger partial charge in [0.05, 0.1) is 11.8 Å². The van der Waals surface area contributed by atoms with E-state index >= 15 is 0 Å². The molecular weight excluding hydrogens is 360 g/mol. The second-order valence-corrected chi connectivity index (χ2v) is 6.73. The molecule has 1 aliphatic heterocycles. The van der Waals surface area contributed by atoms with Crippen molar-refractivity contribution < 1.29 is 23.5 Å². The number of nitrogens with one attached hydrogen (secondary N) is 1. The van der Waals surface area contributed by atoms with Gasteiger partial charge in [0.1, 0.15) is 0 Å². The number of carbonyl (C=O) groups excluding carboxylic acids is 3. The first-order valence-corrected chi connectivity index (χ1v) is 9.53. The van der Waals surface area contributed by atoms with E-state index in [1.165, 1.54) is 12.7 Å². The Kier molecular flexibility index (Phi) is 6.84. The Morgan fingerprint density at radius 3 is 2.29 bits per heavy atom. The highest BCUT2D eigenvalue weighted by Gasteiger charge is 2.17. The molecule has 1 aromatic carbocycles. The molecule has 0 bridgehead atoms. The Balaban J connectivity index is 1.48. The molecule has 0 radical (unpaired) electrons. The largest absolute Gasteiger partial charge is 0.459 e. The molecule has 2 heterocycles. The van der Waals surface area contributed by atoms with Crippen LogP contribution in [0.2, 0.25) is 0 Å². The lowest BCUT2D eigenvalue weighted by Gasteiger charge is -2.24. The number of esters is 1. The van der Waals surface area contributed by atoms with Crippen LogP contribution in [0.1, 0.15) is 53.0 Å². The predicted octanol–water partition coefficient (Wildman–Crippen LogP) is 3.48. The van der Waals surface area contributed by atoms with Gasteiger partial charge in [-0.1, -0.05) is 19.3 Å². The van der Waals surface area contributed by atoms with Crippen molar-refractivity contribution in [2.45, 2.75) is 32.1 Å². The third kappa shape index (κ3) is 5.45. The summed E-state index contributed by atoms with van der Waals surface area (Å²) in [6.07, 6.45) is 6.88. The van der Waals surface area contributed by atoms with E-state index in [0.29, 0.717) is 11.3 Å². The van der Waals surface area contributed by atoms with E-state index in [-0.39, 0.29) is 24.2 Å². The summed E-state index contributed by atoms with van der Waals surface area (Å²) in [5.74, 6) is -0.896. The molecule has 7 heteroatoms. The minimum absolute atomic E-state index is 0.155. The van der Waals surface area contributed by atoms with Gasteiger partial charge in [0.25, 0.3) is 11.8 Å². The maximum Gasteiger partial charge on any atom is 0.338 e. The van der Waals surface area contributed by atoms with Crippen molar-refractivity contribution in [1.29, 1.82) is 0 Å². The lowest BCUT2D eigenvalue weighted by atomic mass is 10.1. The Hall–Kier alpha value is -3.09. The molecule has 1 aliphatic rings. The van der Waals surface area contributed by atoms with Crippen LogP contribution in [0.15, 0.2) is 47.1 Å². The number of nitrogens with zero attached hydrogens (tertiary/aromatic N) is 1. The summed E-state index contributed by atoms with van der Waals surface area (Å²) in [7, 11) is 0. The summed E-state index contributed by atoms with van der Waals surface area (Å²) in [6.45, 7) is 1.19. The maximum atomic E-state index is 12.3. The van der Waals surface area contributed by atoms with E-state index in [2.05, 4.69) is 5.32 Å². The van der Waals surface area contributed by atoms with Crippen LogP contribution in [0, 0.1) is 0 Å². The minimum atomic E-state index is -0.565. The fraction of sp³-hybridized carbons (Fsp3) is 0.381. The molecule has 0 aliphatic carbocycles. The molecule has 2 aromatic rings. The number of rotatable bonds is 5. The summed E-state index contributed by atoms with van der Waals surface area (Å²) in [4.78, 5) is 38.2. The van der Waals surface area contributed by atoms with E-state index in [9.17, 15) is 14.4 Å². The van der Waals surface area contributed by atoms with Gasteiger partial charge in [-0.05, 0) is 49.2 Å². The third-order valence-electron chi connectivity index (χ3n) is 4.66. The molecule has 1 aromatic heterocycles. The van der Waals surface area contributed by atoms with Crippen molar-refractivity contribution in [3.63, 3.8) is 0 Å². The number of anilines is 1. The van der Waals surface area contributed by atoms with Gasteiger partial charge in [-0.3, -0.25) is 9.59 Å². The average Bonchev–Trinajstić information content (AvgIpc) is 3.21. The zero-order valence-electron chi connectivity index (χ0n) is 15.7. The smallest absolute Gasteiger partial charge is 0.338 e. The van der Waals surface area contributed by atoms with Crippen LogP contribution in [0.25, 0.3) is 0 Å². The quantitative estimate of drug-likeness (QED) is 0.797. The van der Waals surface area contributed by atoms with Gasteiger partial charge in [0.2, 0.25) is 0 Å². The highest BCUT2D eigenvalue weighted by molar-refractivity contribution is 6.02. The van der Waals surface area contributed by atoms with Gasteiger partial charge in [0.15, 0.2) is 12.4 Å². The van der Waals surface area contributed by atoms with E-state index in [1.807, 2.05) is 0 Å². The fourth-order valence-electron chi connectivity index (χ4n) is 3.09. The van der Waals surface area contributed by atoms with Crippen LogP contribution in [0.5, 0.6) is 0 Å². The van der Waals surface area contributed by atoms with Crippen molar-refractivity contribution in [1.82, 2.24) is 4.90 Å². The summed E-state index contributed by atoms with van der Waals surface area (Å²) in [5, 5.41) is 2.67. The molecule has 0 unspecified atom stereocenters. The molecule has 3 rings (SSSR count). The lowest BCUT2D eigenvalue weighted by Crippen LogP contribution is -2.36. The van der Waals surface area contributed by atoms with Crippen molar-refractivity contribution >= 4 is 23.5 Å². The van der Waals surface area contributed by atoms with E-state index in [4.69, 9.17) is 9.15 Å². The zero-order chi connectivity index (χ0) is 19.8. The molecule has 1 fully saturated rings. The Morgan fingerprint density at radius 1 is 0.964 bits per heavy atom. The third-order valence-corrected chi connectivity index (χ3v) is 4.66. The van der Waals surface area contributed by atoms with Crippen LogP contribution in [-0.4, -0.2) is 42.4 Å². The molecule has 1 saturated heterocycles. The summed E-state index contributed by atoms with van der Waals surface area (Å²) >= 11 is 0. The van der Waals surface area contributed by atoms with Crippen LogP contribution in [-0.2, 0) is 9.53 Å². The molecule has 0 saturated carbocycles. The van der Waals surface area contributed by atoms with E-state index < -0.39 is 5.97 Å². The number of furan rings is 1. The number of carbonyl (C=O) groups is 3. The Labute approximate surface area is 163 Å². The number of amides is 2. The van der Waals surface area contributed by atoms with Gasteiger partial charge in [-0.15, -0.1) is 0 Å². The molecular formula is C21H24N2O5. The van der Waals surface area contributed by atoms with Crippen molar-refractivity contribution in [3.8, 4) is 0 Å². The summed E-state index contributed by atoms with van der Waals surface area (Å²) < 4.78 is 10.2. The first-order chi connectivity index (χ1) is 13.6. The van der Waals surface area contributed by atoms with Gasteiger partial charge in [0, 0.05) is 18.8 Å². The fourth-order valence-corrected chi connectivity index (χ4v) is 3.09. The lowest BCUT2D eigenvalue weighted by molar-refractivity contribution is -0.134. The number of likely N-dealkylation sites (tertiary alicyclic amines) is 1. The second-order valence-electron chi connectivity index (χ2n) is 6.73. The van der Waals surface area contributed by atoms with E-state index in [1.54, 1.807) is 41.3 Å². The first kappa shape index (κ1) is 19.7. The Bertz CT molecular complexity index is 791. The minimum Gasteiger partial charge on any atom is -0.459 e. The second kappa shape index (κ2) is 9.73. The molecule has 28 heavy (non-hydrogen) atoms. The standard InChI is InChI=1S/C21H24N2O5/c24-19(23-12-4-2-1-3-5-13-23)15-28-21(26)16-8-10-17(11-9-16)22-20(25)18-7-6-14-27-18/h6-11,14H,1-5,12-13,15H2,(H,22,25). The zero-order valence-corrected chi connectivity index (χ0v) is 15.7. The topological polar surface area (TPSA) is 88.9 Å². The number of hydrogen-bond donors (Lipinski definition) is 1. The predicted molar refractivity (Wildman–Crippen MR) is 103 cm³/mol.